The largest absolute Gasteiger partial charge is 0.506 e. The third kappa shape index (κ3) is 3.86. The van der Waals surface area contributed by atoms with E-state index in [0.29, 0.717) is 22.3 Å². The third-order valence-electron chi connectivity index (χ3n) is 5.55. The third-order valence-corrected chi connectivity index (χ3v) is 6.14. The van der Waals surface area contributed by atoms with Crippen LogP contribution < -0.4 is 9.80 Å². The SMILES string of the molecule is Oc1ccccc1N1CCN(c2ncnc3c2cnn3Cc2ccc(Cl)cc2Cl)CC1. The molecule has 1 aliphatic rings. The van der Waals surface area contributed by atoms with Gasteiger partial charge in [-0.05, 0) is 29.8 Å². The van der Waals surface area contributed by atoms with Gasteiger partial charge in [0, 0.05) is 36.2 Å². The van der Waals surface area contributed by atoms with Gasteiger partial charge >= 0.3 is 0 Å². The minimum absolute atomic E-state index is 0.308. The van der Waals surface area contributed by atoms with Gasteiger partial charge in [0.1, 0.15) is 17.9 Å². The maximum absolute atomic E-state index is 10.1. The zero-order valence-corrected chi connectivity index (χ0v) is 18.1. The maximum Gasteiger partial charge on any atom is 0.163 e. The molecule has 0 spiro atoms. The summed E-state index contributed by atoms with van der Waals surface area (Å²) in [5, 5.41) is 16.8. The number of anilines is 2. The standard InChI is InChI=1S/C22H20Cl2N6O/c23-16-6-5-15(18(24)11-16)13-30-22-17(12-27-30)21(25-14-26-22)29-9-7-28(8-10-29)19-3-1-2-4-20(19)31/h1-6,11-12,14,31H,7-10,13H2. The van der Waals surface area contributed by atoms with Crippen molar-refractivity contribution < 1.29 is 5.11 Å². The van der Waals surface area contributed by atoms with Gasteiger partial charge in [0.25, 0.3) is 0 Å². The fourth-order valence-electron chi connectivity index (χ4n) is 3.95. The van der Waals surface area contributed by atoms with Crippen LogP contribution in [0.2, 0.25) is 10.0 Å². The molecule has 9 heteroatoms. The number of para-hydroxylation sites is 2. The van der Waals surface area contributed by atoms with Gasteiger partial charge in [-0.15, -0.1) is 0 Å². The average molecular weight is 455 g/mol. The number of aromatic hydroxyl groups is 1. The highest BCUT2D eigenvalue weighted by Crippen LogP contribution is 2.30. The molecule has 1 saturated heterocycles. The summed E-state index contributed by atoms with van der Waals surface area (Å²) in [4.78, 5) is 13.4. The highest BCUT2D eigenvalue weighted by molar-refractivity contribution is 6.35. The number of hydrogen-bond donors (Lipinski definition) is 1. The monoisotopic (exact) mass is 454 g/mol. The second-order valence-electron chi connectivity index (χ2n) is 7.44. The van der Waals surface area contributed by atoms with Gasteiger partial charge < -0.3 is 14.9 Å². The van der Waals surface area contributed by atoms with Crippen LogP contribution in [-0.4, -0.2) is 51.0 Å². The van der Waals surface area contributed by atoms with Gasteiger partial charge in [-0.3, -0.25) is 0 Å². The summed E-state index contributed by atoms with van der Waals surface area (Å²) in [5.74, 6) is 1.18. The molecule has 1 N–H and O–H groups in total. The Morgan fingerprint density at radius 3 is 2.48 bits per heavy atom. The summed E-state index contributed by atoms with van der Waals surface area (Å²) in [7, 11) is 0. The van der Waals surface area contributed by atoms with Crippen LogP contribution >= 0.6 is 23.2 Å². The predicted molar refractivity (Wildman–Crippen MR) is 123 cm³/mol. The number of phenols is 1. The first-order valence-corrected chi connectivity index (χ1v) is 10.7. The van der Waals surface area contributed by atoms with Gasteiger partial charge in [-0.2, -0.15) is 5.10 Å². The van der Waals surface area contributed by atoms with Gasteiger partial charge in [0.05, 0.1) is 23.8 Å². The molecule has 1 fully saturated rings. The quantitative estimate of drug-likeness (QED) is 0.497. The average Bonchev–Trinajstić information content (AvgIpc) is 3.19. The summed E-state index contributed by atoms with van der Waals surface area (Å²) in [6.07, 6.45) is 3.39. The number of nitrogens with zero attached hydrogens (tertiary/aromatic N) is 6. The Kier molecular flexibility index (Phi) is 5.29. The summed E-state index contributed by atoms with van der Waals surface area (Å²) in [5.41, 5.74) is 2.55. The van der Waals surface area contributed by atoms with E-state index in [9.17, 15) is 5.11 Å². The van der Waals surface area contributed by atoms with E-state index in [4.69, 9.17) is 23.2 Å². The first kappa shape index (κ1) is 19.9. The molecule has 5 rings (SSSR count). The zero-order valence-electron chi connectivity index (χ0n) is 16.6. The Balaban J connectivity index is 1.37. The van der Waals surface area contributed by atoms with Crippen LogP contribution in [-0.2, 0) is 6.54 Å². The Bertz CT molecular complexity index is 1240. The van der Waals surface area contributed by atoms with Crippen molar-refractivity contribution in [3.8, 4) is 5.75 Å². The van der Waals surface area contributed by atoms with Crippen LogP contribution in [0.1, 0.15) is 5.56 Å². The molecule has 1 aliphatic heterocycles. The van der Waals surface area contributed by atoms with E-state index < -0.39 is 0 Å². The molecule has 158 valence electrons. The summed E-state index contributed by atoms with van der Waals surface area (Å²) in [6.45, 7) is 3.65. The Morgan fingerprint density at radius 1 is 0.935 bits per heavy atom. The lowest BCUT2D eigenvalue weighted by Gasteiger charge is -2.37. The van der Waals surface area contributed by atoms with E-state index in [1.807, 2.05) is 41.2 Å². The molecule has 0 amide bonds. The van der Waals surface area contributed by atoms with Gasteiger partial charge in [0.2, 0.25) is 0 Å². The second kappa shape index (κ2) is 8.24. The molecule has 2 aromatic carbocycles. The first-order valence-electron chi connectivity index (χ1n) is 9.98. The van der Waals surface area contributed by atoms with E-state index in [2.05, 4.69) is 24.9 Å². The summed E-state index contributed by atoms with van der Waals surface area (Å²) < 4.78 is 1.83. The van der Waals surface area contributed by atoms with Gasteiger partial charge in [0.15, 0.2) is 5.65 Å². The number of aromatic nitrogens is 4. The van der Waals surface area contributed by atoms with Crippen LogP contribution in [0.4, 0.5) is 11.5 Å². The number of rotatable bonds is 4. The lowest BCUT2D eigenvalue weighted by Crippen LogP contribution is -2.46. The van der Waals surface area contributed by atoms with Crippen molar-refractivity contribution in [2.75, 3.05) is 36.0 Å². The van der Waals surface area contributed by atoms with Crippen LogP contribution in [0.5, 0.6) is 5.75 Å². The molecule has 4 aromatic rings. The van der Waals surface area contributed by atoms with Crippen molar-refractivity contribution in [3.05, 3.63) is 70.6 Å². The van der Waals surface area contributed by atoms with Crippen LogP contribution in [0.3, 0.4) is 0 Å². The molecule has 3 heterocycles. The van der Waals surface area contributed by atoms with E-state index in [0.717, 1.165) is 54.3 Å². The van der Waals surface area contributed by atoms with E-state index in [1.165, 1.54) is 0 Å². The van der Waals surface area contributed by atoms with Gasteiger partial charge in [-0.25, -0.2) is 14.6 Å². The highest BCUT2D eigenvalue weighted by atomic mass is 35.5. The molecule has 2 aromatic heterocycles. The smallest absolute Gasteiger partial charge is 0.163 e. The number of phenolic OH excluding ortho intramolecular Hbond substituents is 1. The summed E-state index contributed by atoms with van der Waals surface area (Å²) in [6, 6.07) is 12.9. The molecular formula is C22H20Cl2N6O. The molecule has 31 heavy (non-hydrogen) atoms. The minimum Gasteiger partial charge on any atom is -0.506 e. The number of halogens is 2. The minimum atomic E-state index is 0.308. The van der Waals surface area contributed by atoms with Crippen molar-refractivity contribution in [1.82, 2.24) is 19.7 Å². The lowest BCUT2D eigenvalue weighted by molar-refractivity contribution is 0.472. The molecule has 0 atom stereocenters. The molecule has 0 bridgehead atoms. The van der Waals surface area contributed by atoms with E-state index in [-0.39, 0.29) is 0 Å². The number of fused-ring (bicyclic) bond motifs is 1. The number of hydrogen-bond acceptors (Lipinski definition) is 6. The van der Waals surface area contributed by atoms with Crippen LogP contribution in [0.15, 0.2) is 55.0 Å². The fraction of sp³-hybridized carbons (Fsp3) is 0.227. The first-order chi connectivity index (χ1) is 15.1. The lowest BCUT2D eigenvalue weighted by atomic mass is 10.2. The normalized spacial score (nSPS) is 14.4. The highest BCUT2D eigenvalue weighted by Gasteiger charge is 2.22. The fourth-order valence-corrected chi connectivity index (χ4v) is 4.42. The molecule has 0 saturated carbocycles. The summed E-state index contributed by atoms with van der Waals surface area (Å²) >= 11 is 12.3. The van der Waals surface area contributed by atoms with E-state index in [1.54, 1.807) is 18.5 Å². The zero-order chi connectivity index (χ0) is 21.4. The Hall–Kier alpha value is -3.03. The molecule has 0 aliphatic carbocycles. The van der Waals surface area contributed by atoms with E-state index >= 15 is 0 Å². The number of benzene rings is 2. The predicted octanol–water partition coefficient (Wildman–Crippen LogP) is 4.21. The number of piperazine rings is 1. The van der Waals surface area contributed by atoms with Crippen molar-refractivity contribution in [3.63, 3.8) is 0 Å². The topological polar surface area (TPSA) is 70.3 Å². The second-order valence-corrected chi connectivity index (χ2v) is 8.28. The van der Waals surface area contributed by atoms with Crippen LogP contribution in [0.25, 0.3) is 11.0 Å². The van der Waals surface area contributed by atoms with Crippen molar-refractivity contribution in [1.29, 1.82) is 0 Å². The molecule has 0 unspecified atom stereocenters. The molecule has 0 radical (unpaired) electrons. The van der Waals surface area contributed by atoms with Crippen molar-refractivity contribution in [2.24, 2.45) is 0 Å². The maximum atomic E-state index is 10.1. The molecular weight excluding hydrogens is 435 g/mol. The Morgan fingerprint density at radius 2 is 1.71 bits per heavy atom. The van der Waals surface area contributed by atoms with Crippen LogP contribution in [0, 0.1) is 0 Å². The van der Waals surface area contributed by atoms with Gasteiger partial charge in [-0.1, -0.05) is 41.4 Å². The molecule has 7 nitrogen and oxygen atoms in total. The van der Waals surface area contributed by atoms with Crippen molar-refractivity contribution in [2.45, 2.75) is 6.54 Å². The Labute approximate surface area is 189 Å². The van der Waals surface area contributed by atoms with Crippen molar-refractivity contribution >= 4 is 45.7 Å².